The molecule has 2 aromatic carbocycles. The number of anilines is 1. The minimum atomic E-state index is -3.83. The fourth-order valence-corrected chi connectivity index (χ4v) is 4.70. The van der Waals surface area contributed by atoms with E-state index in [9.17, 15) is 18.0 Å². The minimum absolute atomic E-state index is 0.184. The van der Waals surface area contributed by atoms with Gasteiger partial charge in [-0.1, -0.05) is 62.2 Å². The molecular weight excluding hydrogens is 478 g/mol. The number of hydrogen-bond donors (Lipinski definition) is 1. The number of rotatable bonds is 14. The number of carbonyl (C=O) groups excluding carboxylic acids is 2. The molecule has 2 amide bonds. The van der Waals surface area contributed by atoms with Crippen LogP contribution in [0.25, 0.3) is 0 Å². The Labute approximate surface area is 215 Å². The molecule has 0 unspecified atom stereocenters. The van der Waals surface area contributed by atoms with Gasteiger partial charge in [0.15, 0.2) is 0 Å². The summed E-state index contributed by atoms with van der Waals surface area (Å²) in [6, 6.07) is 13.7. The van der Waals surface area contributed by atoms with E-state index in [1.54, 1.807) is 31.2 Å². The highest BCUT2D eigenvalue weighted by atomic mass is 32.2. The Balaban J connectivity index is 2.44. The van der Waals surface area contributed by atoms with Crippen molar-refractivity contribution in [3.63, 3.8) is 0 Å². The highest BCUT2D eigenvalue weighted by Crippen LogP contribution is 2.30. The van der Waals surface area contributed by atoms with Gasteiger partial charge in [-0.05, 0) is 44.4 Å². The monoisotopic (exact) mass is 517 g/mol. The summed E-state index contributed by atoms with van der Waals surface area (Å²) in [5.41, 5.74) is 2.22. The van der Waals surface area contributed by atoms with E-state index in [-0.39, 0.29) is 18.1 Å². The van der Waals surface area contributed by atoms with E-state index >= 15 is 0 Å². The second-order valence-corrected chi connectivity index (χ2v) is 10.7. The SMILES string of the molecule is CCCCNC(=O)[C@H](CC)N(Cc1ccc(C)cc1)C(=O)CN(c1ccccc1OCC)S(C)(=O)=O. The number of nitrogens with one attached hydrogen (secondary N) is 1. The zero-order valence-corrected chi connectivity index (χ0v) is 22.8. The molecule has 0 aliphatic heterocycles. The van der Waals surface area contributed by atoms with Gasteiger partial charge in [-0.2, -0.15) is 0 Å². The molecule has 2 aromatic rings. The largest absolute Gasteiger partial charge is 0.492 e. The van der Waals surface area contributed by atoms with Gasteiger partial charge in [0.2, 0.25) is 21.8 Å². The first-order valence-electron chi connectivity index (χ1n) is 12.4. The van der Waals surface area contributed by atoms with E-state index in [1.807, 2.05) is 45.0 Å². The van der Waals surface area contributed by atoms with Gasteiger partial charge in [0.1, 0.15) is 18.3 Å². The Bertz CT molecular complexity index is 1100. The van der Waals surface area contributed by atoms with Crippen molar-refractivity contribution in [2.75, 3.05) is 30.3 Å². The van der Waals surface area contributed by atoms with Crippen LogP contribution in [0.3, 0.4) is 0 Å². The van der Waals surface area contributed by atoms with Crippen LogP contribution < -0.4 is 14.4 Å². The lowest BCUT2D eigenvalue weighted by atomic mass is 10.1. The smallest absolute Gasteiger partial charge is 0.244 e. The summed E-state index contributed by atoms with van der Waals surface area (Å²) in [6.07, 6.45) is 3.22. The van der Waals surface area contributed by atoms with E-state index in [0.717, 1.165) is 34.5 Å². The summed E-state index contributed by atoms with van der Waals surface area (Å²) in [4.78, 5) is 28.3. The van der Waals surface area contributed by atoms with Crippen LogP contribution in [-0.2, 0) is 26.2 Å². The van der Waals surface area contributed by atoms with Crippen LogP contribution in [0.5, 0.6) is 5.75 Å². The minimum Gasteiger partial charge on any atom is -0.492 e. The van der Waals surface area contributed by atoms with Crippen LogP contribution in [0.2, 0.25) is 0 Å². The van der Waals surface area contributed by atoms with E-state index in [4.69, 9.17) is 4.74 Å². The van der Waals surface area contributed by atoms with Crippen LogP contribution in [0.15, 0.2) is 48.5 Å². The van der Waals surface area contributed by atoms with Gasteiger partial charge < -0.3 is 15.0 Å². The number of benzene rings is 2. The fraction of sp³-hybridized carbons (Fsp3) is 0.481. The summed E-state index contributed by atoms with van der Waals surface area (Å²) in [6.45, 7) is 8.26. The molecule has 8 nitrogen and oxygen atoms in total. The van der Waals surface area contributed by atoms with E-state index < -0.39 is 28.5 Å². The normalized spacial score (nSPS) is 12.0. The lowest BCUT2D eigenvalue weighted by Crippen LogP contribution is -2.52. The third-order valence-electron chi connectivity index (χ3n) is 5.80. The summed E-state index contributed by atoms with van der Waals surface area (Å²) < 4.78 is 32.3. The number of hydrogen-bond acceptors (Lipinski definition) is 5. The molecule has 36 heavy (non-hydrogen) atoms. The Morgan fingerprint density at radius 2 is 1.69 bits per heavy atom. The van der Waals surface area contributed by atoms with Gasteiger partial charge in [-0.15, -0.1) is 0 Å². The highest BCUT2D eigenvalue weighted by Gasteiger charge is 2.32. The quantitative estimate of drug-likeness (QED) is 0.384. The number of amides is 2. The van der Waals surface area contributed by atoms with E-state index in [1.165, 1.54) is 4.90 Å². The predicted octanol–water partition coefficient (Wildman–Crippen LogP) is 3.88. The molecule has 0 aliphatic carbocycles. The molecule has 1 atom stereocenters. The lowest BCUT2D eigenvalue weighted by molar-refractivity contribution is -0.140. The first-order valence-corrected chi connectivity index (χ1v) is 14.3. The average Bonchev–Trinajstić information content (AvgIpc) is 2.83. The second kappa shape index (κ2) is 13.9. The number of aryl methyl sites for hydroxylation is 1. The number of para-hydroxylation sites is 2. The predicted molar refractivity (Wildman–Crippen MR) is 144 cm³/mol. The van der Waals surface area contributed by atoms with Crippen LogP contribution in [0.4, 0.5) is 5.69 Å². The summed E-state index contributed by atoms with van der Waals surface area (Å²) >= 11 is 0. The molecule has 0 aromatic heterocycles. The van der Waals surface area contributed by atoms with Crippen molar-refractivity contribution in [3.05, 3.63) is 59.7 Å². The van der Waals surface area contributed by atoms with Gasteiger partial charge in [-0.3, -0.25) is 13.9 Å². The molecule has 198 valence electrons. The first-order chi connectivity index (χ1) is 17.1. The average molecular weight is 518 g/mol. The molecule has 0 spiro atoms. The molecular formula is C27H39N3O5S. The van der Waals surface area contributed by atoms with Crippen molar-refractivity contribution < 1.29 is 22.7 Å². The molecule has 9 heteroatoms. The maximum absolute atomic E-state index is 13.7. The van der Waals surface area contributed by atoms with Crippen LogP contribution in [-0.4, -0.2) is 57.1 Å². The second-order valence-electron chi connectivity index (χ2n) is 8.75. The third kappa shape index (κ3) is 8.26. The van der Waals surface area contributed by atoms with E-state index in [0.29, 0.717) is 25.3 Å². The number of unbranched alkanes of at least 4 members (excludes halogenated alkanes) is 1. The van der Waals surface area contributed by atoms with Crippen LogP contribution in [0, 0.1) is 6.92 Å². The summed E-state index contributed by atoms with van der Waals surface area (Å²) in [7, 11) is -3.83. The van der Waals surface area contributed by atoms with Crippen molar-refractivity contribution in [2.24, 2.45) is 0 Å². The maximum atomic E-state index is 13.7. The molecule has 0 bridgehead atoms. The maximum Gasteiger partial charge on any atom is 0.244 e. The van der Waals surface area contributed by atoms with Crippen LogP contribution >= 0.6 is 0 Å². The molecule has 0 aliphatic rings. The topological polar surface area (TPSA) is 96.0 Å². The van der Waals surface area contributed by atoms with Gasteiger partial charge in [0.25, 0.3) is 0 Å². The molecule has 0 radical (unpaired) electrons. The summed E-state index contributed by atoms with van der Waals surface area (Å²) in [5, 5.41) is 2.92. The highest BCUT2D eigenvalue weighted by molar-refractivity contribution is 7.92. The Morgan fingerprint density at radius 1 is 1.03 bits per heavy atom. The van der Waals surface area contributed by atoms with Crippen molar-refractivity contribution in [1.29, 1.82) is 0 Å². The summed E-state index contributed by atoms with van der Waals surface area (Å²) in [5.74, 6) is -0.343. The number of carbonyl (C=O) groups is 2. The molecule has 1 N–H and O–H groups in total. The zero-order chi connectivity index (χ0) is 26.7. The molecule has 0 heterocycles. The number of sulfonamides is 1. The first kappa shape index (κ1) is 29.2. The molecule has 0 fully saturated rings. The third-order valence-corrected chi connectivity index (χ3v) is 6.93. The Kier molecular flexibility index (Phi) is 11.2. The Morgan fingerprint density at radius 3 is 2.28 bits per heavy atom. The standard InChI is InChI=1S/C27H39N3O5S/c1-6-9-18-28-27(32)23(7-2)29(19-22-16-14-21(4)15-17-22)26(31)20-30(36(5,33)34)24-12-10-11-13-25(24)35-8-3/h10-17,23H,6-9,18-20H2,1-5H3,(H,28,32)/t23-/m0/s1. The van der Waals surface area contributed by atoms with Crippen molar-refractivity contribution >= 4 is 27.5 Å². The Hall–Kier alpha value is -3.07. The van der Waals surface area contributed by atoms with Crippen LogP contribution in [0.1, 0.15) is 51.2 Å². The number of ether oxygens (including phenoxy) is 1. The van der Waals surface area contributed by atoms with Gasteiger partial charge >= 0.3 is 0 Å². The fourth-order valence-electron chi connectivity index (χ4n) is 3.85. The van der Waals surface area contributed by atoms with Gasteiger partial charge in [0, 0.05) is 13.1 Å². The van der Waals surface area contributed by atoms with Crippen molar-refractivity contribution in [3.8, 4) is 5.75 Å². The van der Waals surface area contributed by atoms with Crippen molar-refractivity contribution in [2.45, 2.75) is 59.5 Å². The van der Waals surface area contributed by atoms with E-state index in [2.05, 4.69) is 5.32 Å². The van der Waals surface area contributed by atoms with Gasteiger partial charge in [-0.25, -0.2) is 8.42 Å². The lowest BCUT2D eigenvalue weighted by Gasteiger charge is -2.33. The molecule has 0 saturated carbocycles. The molecule has 2 rings (SSSR count). The van der Waals surface area contributed by atoms with Crippen molar-refractivity contribution in [1.82, 2.24) is 10.2 Å². The van der Waals surface area contributed by atoms with Gasteiger partial charge in [0.05, 0.1) is 18.6 Å². The number of nitrogens with zero attached hydrogens (tertiary/aromatic N) is 2. The molecule has 0 saturated heterocycles. The zero-order valence-electron chi connectivity index (χ0n) is 22.0.